The van der Waals surface area contributed by atoms with Crippen molar-refractivity contribution in [3.8, 4) is 16.9 Å². The van der Waals surface area contributed by atoms with E-state index >= 15 is 0 Å². The molecule has 2 heteroatoms. The largest absolute Gasteiger partial charge is 0.492 e. The normalized spacial score (nSPS) is 16.1. The number of rotatable bonds is 1. The van der Waals surface area contributed by atoms with Crippen molar-refractivity contribution in [2.45, 2.75) is 19.3 Å². The molecule has 3 rings (SSSR count). The Balaban J connectivity index is 2.14. The number of nitrogens with two attached hydrogens (primary N) is 1. The molecule has 2 aromatic rings. The summed E-state index contributed by atoms with van der Waals surface area (Å²) in [6.45, 7) is 5.16. The Bertz CT molecular complexity index is 602. The Hall–Kier alpha value is -1.96. The van der Waals surface area contributed by atoms with E-state index in [1.807, 2.05) is 24.3 Å². The first-order valence-corrected chi connectivity index (χ1v) is 6.20. The Morgan fingerprint density at radius 3 is 2.67 bits per heavy atom. The summed E-state index contributed by atoms with van der Waals surface area (Å²) < 4.78 is 5.70. The fourth-order valence-electron chi connectivity index (χ4n) is 2.45. The Kier molecular flexibility index (Phi) is 2.34. The lowest BCUT2D eigenvalue weighted by Crippen LogP contribution is -2.18. The van der Waals surface area contributed by atoms with Gasteiger partial charge >= 0.3 is 0 Å². The number of nitrogen functional groups attached to an aromatic ring is 1. The zero-order chi connectivity index (χ0) is 12.8. The molecule has 2 aromatic carbocycles. The average molecular weight is 239 g/mol. The van der Waals surface area contributed by atoms with E-state index in [9.17, 15) is 0 Å². The van der Waals surface area contributed by atoms with Gasteiger partial charge in [-0.05, 0) is 23.8 Å². The highest BCUT2D eigenvalue weighted by Crippen LogP contribution is 2.41. The van der Waals surface area contributed by atoms with Gasteiger partial charge < -0.3 is 10.5 Å². The first-order chi connectivity index (χ1) is 8.58. The monoisotopic (exact) mass is 239 g/mol. The van der Waals surface area contributed by atoms with Crippen LogP contribution >= 0.6 is 0 Å². The van der Waals surface area contributed by atoms with Crippen LogP contribution in [0.25, 0.3) is 11.1 Å². The molecule has 0 fully saturated rings. The fourth-order valence-corrected chi connectivity index (χ4v) is 2.45. The molecule has 2 nitrogen and oxygen atoms in total. The number of benzene rings is 2. The molecule has 0 radical (unpaired) electrons. The molecule has 1 heterocycles. The van der Waals surface area contributed by atoms with Crippen LogP contribution in [0.3, 0.4) is 0 Å². The van der Waals surface area contributed by atoms with Crippen LogP contribution in [0.2, 0.25) is 0 Å². The predicted molar refractivity (Wildman–Crippen MR) is 74.8 cm³/mol. The molecular formula is C16H17NO. The van der Waals surface area contributed by atoms with Crippen LogP contribution in [0.5, 0.6) is 5.75 Å². The van der Waals surface area contributed by atoms with Crippen LogP contribution < -0.4 is 10.5 Å². The molecule has 0 amide bonds. The highest BCUT2D eigenvalue weighted by Gasteiger charge is 2.31. The number of fused-ring (bicyclic) bond motifs is 1. The van der Waals surface area contributed by atoms with E-state index in [-0.39, 0.29) is 5.41 Å². The summed E-state index contributed by atoms with van der Waals surface area (Å²) in [5.74, 6) is 0.998. The molecule has 92 valence electrons. The maximum absolute atomic E-state index is 6.03. The molecule has 1 aliphatic heterocycles. The minimum atomic E-state index is 0.0783. The van der Waals surface area contributed by atoms with Crippen molar-refractivity contribution in [2.75, 3.05) is 12.3 Å². The fraction of sp³-hybridized carbons (Fsp3) is 0.250. The molecule has 2 N–H and O–H groups in total. The van der Waals surface area contributed by atoms with E-state index in [0.717, 1.165) is 29.2 Å². The van der Waals surface area contributed by atoms with Crippen molar-refractivity contribution in [3.63, 3.8) is 0 Å². The zero-order valence-electron chi connectivity index (χ0n) is 10.7. The summed E-state index contributed by atoms with van der Waals surface area (Å²) in [5, 5.41) is 0. The summed E-state index contributed by atoms with van der Waals surface area (Å²) in [5.41, 5.74) is 10.4. The van der Waals surface area contributed by atoms with Crippen LogP contribution in [0.1, 0.15) is 19.4 Å². The molecule has 18 heavy (non-hydrogen) atoms. The van der Waals surface area contributed by atoms with Gasteiger partial charge in [0.05, 0.1) is 6.61 Å². The Morgan fingerprint density at radius 1 is 1.11 bits per heavy atom. The van der Waals surface area contributed by atoms with Crippen LogP contribution in [0.4, 0.5) is 5.69 Å². The third-order valence-electron chi connectivity index (χ3n) is 3.57. The molecule has 0 unspecified atom stereocenters. The second kappa shape index (κ2) is 3.77. The zero-order valence-corrected chi connectivity index (χ0v) is 10.7. The summed E-state index contributed by atoms with van der Waals surface area (Å²) in [6, 6.07) is 14.3. The molecule has 1 aliphatic rings. The van der Waals surface area contributed by atoms with Crippen molar-refractivity contribution in [1.29, 1.82) is 0 Å². The van der Waals surface area contributed by atoms with Crippen molar-refractivity contribution in [1.82, 2.24) is 0 Å². The maximum Gasteiger partial charge on any atom is 0.123 e. The minimum absolute atomic E-state index is 0.0783. The van der Waals surface area contributed by atoms with Crippen molar-refractivity contribution < 1.29 is 4.74 Å². The molecule has 0 aliphatic carbocycles. The topological polar surface area (TPSA) is 35.2 Å². The number of anilines is 1. The van der Waals surface area contributed by atoms with Gasteiger partial charge in [-0.15, -0.1) is 0 Å². The molecule has 0 saturated carbocycles. The van der Waals surface area contributed by atoms with Gasteiger partial charge in [0.15, 0.2) is 0 Å². The quantitative estimate of drug-likeness (QED) is 0.772. The summed E-state index contributed by atoms with van der Waals surface area (Å²) in [4.78, 5) is 0. The van der Waals surface area contributed by atoms with Gasteiger partial charge in [-0.3, -0.25) is 0 Å². The molecule has 0 bridgehead atoms. The summed E-state index contributed by atoms with van der Waals surface area (Å²) >= 11 is 0. The second-order valence-corrected chi connectivity index (χ2v) is 5.47. The van der Waals surface area contributed by atoms with Gasteiger partial charge in [-0.1, -0.05) is 38.1 Å². The SMILES string of the molecule is CC1(C)COc2ccc(-c3ccccc3N)cc21. The lowest BCUT2D eigenvalue weighted by atomic mass is 9.85. The van der Waals surface area contributed by atoms with E-state index in [4.69, 9.17) is 10.5 Å². The van der Waals surface area contributed by atoms with E-state index in [1.54, 1.807) is 0 Å². The van der Waals surface area contributed by atoms with Crippen molar-refractivity contribution >= 4 is 5.69 Å². The number of para-hydroxylation sites is 1. The van der Waals surface area contributed by atoms with Crippen molar-refractivity contribution in [3.05, 3.63) is 48.0 Å². The van der Waals surface area contributed by atoms with Gasteiger partial charge in [0, 0.05) is 22.2 Å². The summed E-state index contributed by atoms with van der Waals surface area (Å²) in [7, 11) is 0. The highest BCUT2D eigenvalue weighted by molar-refractivity contribution is 5.77. The molecule has 0 atom stereocenters. The third-order valence-corrected chi connectivity index (χ3v) is 3.57. The first kappa shape index (κ1) is 11.1. The lowest BCUT2D eigenvalue weighted by Gasteiger charge is -2.16. The molecule has 0 saturated heterocycles. The maximum atomic E-state index is 6.03. The van der Waals surface area contributed by atoms with Gasteiger partial charge in [-0.25, -0.2) is 0 Å². The number of ether oxygens (including phenoxy) is 1. The minimum Gasteiger partial charge on any atom is -0.492 e. The standard InChI is InChI=1S/C16H17NO/c1-16(2)10-18-15-8-7-11(9-13(15)16)12-5-3-4-6-14(12)17/h3-9H,10,17H2,1-2H3. The van der Waals surface area contributed by atoms with E-state index in [1.165, 1.54) is 5.56 Å². The van der Waals surface area contributed by atoms with E-state index < -0.39 is 0 Å². The lowest BCUT2D eigenvalue weighted by molar-refractivity contribution is 0.291. The summed E-state index contributed by atoms with van der Waals surface area (Å²) in [6.07, 6.45) is 0. The smallest absolute Gasteiger partial charge is 0.123 e. The molecule has 0 spiro atoms. The average Bonchev–Trinajstić information content (AvgIpc) is 2.66. The molecular weight excluding hydrogens is 222 g/mol. The third kappa shape index (κ3) is 1.65. The van der Waals surface area contributed by atoms with Crippen molar-refractivity contribution in [2.24, 2.45) is 0 Å². The molecule has 0 aromatic heterocycles. The second-order valence-electron chi connectivity index (χ2n) is 5.47. The van der Waals surface area contributed by atoms with Gasteiger partial charge in [0.1, 0.15) is 5.75 Å². The van der Waals surface area contributed by atoms with Gasteiger partial charge in [0.25, 0.3) is 0 Å². The number of hydrogen-bond donors (Lipinski definition) is 1. The van der Waals surface area contributed by atoms with Crippen LogP contribution in [0, 0.1) is 0 Å². The van der Waals surface area contributed by atoms with Gasteiger partial charge in [-0.2, -0.15) is 0 Å². The predicted octanol–water partition coefficient (Wildman–Crippen LogP) is 3.61. The van der Waals surface area contributed by atoms with E-state index in [2.05, 4.69) is 32.0 Å². The van der Waals surface area contributed by atoms with Crippen LogP contribution in [-0.4, -0.2) is 6.61 Å². The van der Waals surface area contributed by atoms with Gasteiger partial charge in [0.2, 0.25) is 0 Å². The van der Waals surface area contributed by atoms with Crippen LogP contribution in [0.15, 0.2) is 42.5 Å². The van der Waals surface area contributed by atoms with Crippen LogP contribution in [-0.2, 0) is 5.41 Å². The van der Waals surface area contributed by atoms with E-state index in [0.29, 0.717) is 0 Å². The Morgan fingerprint density at radius 2 is 1.89 bits per heavy atom. The first-order valence-electron chi connectivity index (χ1n) is 6.20. The Labute approximate surface area is 107 Å². The number of hydrogen-bond acceptors (Lipinski definition) is 2. The highest BCUT2D eigenvalue weighted by atomic mass is 16.5.